The van der Waals surface area contributed by atoms with Crippen LogP contribution in [0.2, 0.25) is 0 Å². The Morgan fingerprint density at radius 2 is 1.89 bits per heavy atom. The van der Waals surface area contributed by atoms with Crippen LogP contribution in [0.25, 0.3) is 0 Å². The van der Waals surface area contributed by atoms with Crippen molar-refractivity contribution in [3.05, 3.63) is 30.2 Å². The van der Waals surface area contributed by atoms with Gasteiger partial charge in [-0.15, -0.1) is 11.8 Å². The van der Waals surface area contributed by atoms with Crippen LogP contribution >= 0.6 is 11.8 Å². The van der Waals surface area contributed by atoms with Gasteiger partial charge in [-0.2, -0.15) is 4.98 Å². The molecule has 2 fully saturated rings. The quantitative estimate of drug-likeness (QED) is 0.385. The first-order chi connectivity index (χ1) is 17.2. The van der Waals surface area contributed by atoms with Gasteiger partial charge < -0.3 is 18.9 Å². The van der Waals surface area contributed by atoms with Gasteiger partial charge >= 0.3 is 6.09 Å². The molecule has 2 aliphatic rings. The zero-order valence-electron chi connectivity index (χ0n) is 22.2. The molecular weight excluding hydrogens is 476 g/mol. The maximum absolute atomic E-state index is 12.6. The normalized spacial score (nSPS) is 20.0. The number of thioether (sulfide) groups is 1. The fourth-order valence-electron chi connectivity index (χ4n) is 4.99. The molecule has 2 aromatic rings. The van der Waals surface area contributed by atoms with E-state index in [-0.39, 0.29) is 12.1 Å². The highest BCUT2D eigenvalue weighted by Gasteiger charge is 2.37. The van der Waals surface area contributed by atoms with Crippen molar-refractivity contribution >= 4 is 23.8 Å². The van der Waals surface area contributed by atoms with Crippen molar-refractivity contribution < 1.29 is 18.8 Å². The third-order valence-corrected chi connectivity index (χ3v) is 7.87. The molecule has 0 radical (unpaired) electrons. The average Bonchev–Trinajstić information content (AvgIpc) is 3.53. The van der Waals surface area contributed by atoms with Gasteiger partial charge in [-0.25, -0.2) is 4.79 Å². The van der Waals surface area contributed by atoms with Crippen molar-refractivity contribution in [2.75, 3.05) is 37.4 Å². The Morgan fingerprint density at radius 3 is 2.56 bits per heavy atom. The SMILES string of the molecule is CSc1ccc(OCC[C@@H](C)C2CCN(c3noc(C4CCCN4C(=O)OC(C)(C)C)n3)CC2)cc1. The van der Waals surface area contributed by atoms with E-state index >= 15 is 0 Å². The highest BCUT2D eigenvalue weighted by Crippen LogP contribution is 2.34. The van der Waals surface area contributed by atoms with Crippen LogP contribution in [-0.4, -0.2) is 59.2 Å². The Hall–Kier alpha value is -2.42. The van der Waals surface area contributed by atoms with Crippen LogP contribution in [0.5, 0.6) is 5.75 Å². The molecule has 2 saturated heterocycles. The van der Waals surface area contributed by atoms with Crippen molar-refractivity contribution in [3.8, 4) is 5.75 Å². The van der Waals surface area contributed by atoms with E-state index in [1.54, 1.807) is 16.7 Å². The van der Waals surface area contributed by atoms with Crippen molar-refractivity contribution in [1.82, 2.24) is 15.0 Å². The van der Waals surface area contributed by atoms with Crippen molar-refractivity contribution in [1.29, 1.82) is 0 Å². The number of aromatic nitrogens is 2. The predicted molar refractivity (Wildman–Crippen MR) is 142 cm³/mol. The maximum atomic E-state index is 12.6. The fraction of sp³-hybridized carbons (Fsp3) is 0.667. The van der Waals surface area contributed by atoms with Crippen LogP contribution < -0.4 is 9.64 Å². The van der Waals surface area contributed by atoms with Crippen LogP contribution in [-0.2, 0) is 4.74 Å². The Kier molecular flexibility index (Phi) is 8.70. The minimum atomic E-state index is -0.530. The molecule has 1 aromatic heterocycles. The number of carbonyl (C=O) groups excluding carboxylic acids is 1. The number of hydrogen-bond acceptors (Lipinski definition) is 8. The van der Waals surface area contributed by atoms with Gasteiger partial charge in [0, 0.05) is 24.5 Å². The molecular formula is C27H40N4O4S. The number of nitrogens with zero attached hydrogens (tertiary/aromatic N) is 4. The summed E-state index contributed by atoms with van der Waals surface area (Å²) < 4.78 is 17.2. The molecule has 8 nitrogen and oxygen atoms in total. The van der Waals surface area contributed by atoms with Crippen molar-refractivity contribution in [2.45, 2.75) is 76.3 Å². The number of rotatable bonds is 8. The standard InChI is InChI=1S/C27H40N4O4S/c1-19(14-18-33-21-8-10-22(36-5)11-9-21)20-12-16-30(17-13-20)25-28-24(35-29-25)23-7-6-15-31(23)26(32)34-27(2,3)4/h8-11,19-20,23H,6-7,12-18H2,1-5H3/t19-,23?/m1/s1. The first kappa shape index (κ1) is 26.6. The monoisotopic (exact) mass is 516 g/mol. The lowest BCUT2D eigenvalue weighted by Crippen LogP contribution is -2.37. The second-order valence-corrected chi connectivity index (χ2v) is 11.8. The maximum Gasteiger partial charge on any atom is 0.410 e. The number of likely N-dealkylation sites (tertiary alicyclic amines) is 1. The highest BCUT2D eigenvalue weighted by molar-refractivity contribution is 7.98. The molecule has 2 atom stereocenters. The first-order valence-corrected chi connectivity index (χ1v) is 14.3. The molecule has 0 bridgehead atoms. The van der Waals surface area contributed by atoms with Crippen LogP contribution in [0.1, 0.15) is 71.7 Å². The van der Waals surface area contributed by atoms with Crippen molar-refractivity contribution in [2.24, 2.45) is 11.8 Å². The Balaban J connectivity index is 1.24. The summed E-state index contributed by atoms with van der Waals surface area (Å²) in [6.07, 6.45) is 6.71. The summed E-state index contributed by atoms with van der Waals surface area (Å²) in [5.41, 5.74) is -0.530. The van der Waals surface area contributed by atoms with Crippen LogP contribution in [0.3, 0.4) is 0 Å². The Labute approximate surface area is 219 Å². The van der Waals surface area contributed by atoms with E-state index in [2.05, 4.69) is 40.4 Å². The molecule has 3 heterocycles. The van der Waals surface area contributed by atoms with Gasteiger partial charge in [-0.3, -0.25) is 4.90 Å². The van der Waals surface area contributed by atoms with E-state index in [1.807, 2.05) is 32.9 Å². The number of amides is 1. The van der Waals surface area contributed by atoms with Gasteiger partial charge in [-0.1, -0.05) is 6.92 Å². The van der Waals surface area contributed by atoms with E-state index in [0.717, 1.165) is 57.6 Å². The van der Waals surface area contributed by atoms with Gasteiger partial charge in [-0.05, 0) is 100 Å². The van der Waals surface area contributed by atoms with Crippen LogP contribution in [0.15, 0.2) is 33.7 Å². The molecule has 1 aromatic carbocycles. The molecule has 0 N–H and O–H groups in total. The van der Waals surface area contributed by atoms with Crippen molar-refractivity contribution in [3.63, 3.8) is 0 Å². The fourth-order valence-corrected chi connectivity index (χ4v) is 5.40. The highest BCUT2D eigenvalue weighted by atomic mass is 32.2. The lowest BCUT2D eigenvalue weighted by molar-refractivity contribution is 0.0199. The molecule has 0 aliphatic carbocycles. The summed E-state index contributed by atoms with van der Waals surface area (Å²) >= 11 is 1.74. The molecule has 36 heavy (non-hydrogen) atoms. The Bertz CT molecular complexity index is 982. The molecule has 4 rings (SSSR count). The first-order valence-electron chi connectivity index (χ1n) is 13.1. The summed E-state index contributed by atoms with van der Waals surface area (Å²) in [7, 11) is 0. The number of ether oxygens (including phenoxy) is 2. The molecule has 9 heteroatoms. The van der Waals surface area contributed by atoms with E-state index in [4.69, 9.17) is 14.0 Å². The summed E-state index contributed by atoms with van der Waals surface area (Å²) in [6, 6.07) is 8.09. The zero-order valence-corrected chi connectivity index (χ0v) is 23.1. The number of piperidine rings is 1. The molecule has 0 spiro atoms. The van der Waals surface area contributed by atoms with E-state index in [9.17, 15) is 4.79 Å². The minimum Gasteiger partial charge on any atom is -0.494 e. The zero-order chi connectivity index (χ0) is 25.7. The van der Waals surface area contributed by atoms with Crippen LogP contribution in [0.4, 0.5) is 10.7 Å². The second-order valence-electron chi connectivity index (χ2n) is 10.9. The summed E-state index contributed by atoms with van der Waals surface area (Å²) in [4.78, 5) is 22.5. The number of hydrogen-bond donors (Lipinski definition) is 0. The van der Waals surface area contributed by atoms with Gasteiger partial charge in [0.15, 0.2) is 0 Å². The third-order valence-electron chi connectivity index (χ3n) is 7.13. The minimum absolute atomic E-state index is 0.212. The number of carbonyl (C=O) groups is 1. The van der Waals surface area contributed by atoms with Gasteiger partial charge in [0.1, 0.15) is 17.4 Å². The van der Waals surface area contributed by atoms with Gasteiger partial charge in [0.25, 0.3) is 11.8 Å². The summed E-state index contributed by atoms with van der Waals surface area (Å²) in [5, 5.41) is 4.26. The largest absolute Gasteiger partial charge is 0.494 e. The van der Waals surface area contributed by atoms with Crippen LogP contribution in [0, 0.1) is 11.8 Å². The third kappa shape index (κ3) is 6.87. The van der Waals surface area contributed by atoms with E-state index in [0.29, 0.717) is 30.2 Å². The summed E-state index contributed by atoms with van der Waals surface area (Å²) in [5.74, 6) is 3.33. The second kappa shape index (κ2) is 11.8. The topological polar surface area (TPSA) is 80.9 Å². The molecule has 198 valence electrons. The summed E-state index contributed by atoms with van der Waals surface area (Å²) in [6.45, 7) is 11.2. The van der Waals surface area contributed by atoms with Gasteiger partial charge in [0.05, 0.1) is 6.61 Å². The number of benzene rings is 1. The number of anilines is 1. The van der Waals surface area contributed by atoms with E-state index < -0.39 is 5.60 Å². The Morgan fingerprint density at radius 1 is 1.17 bits per heavy atom. The lowest BCUT2D eigenvalue weighted by Gasteiger charge is -2.34. The van der Waals surface area contributed by atoms with Gasteiger partial charge in [0.2, 0.25) is 0 Å². The molecule has 1 amide bonds. The smallest absolute Gasteiger partial charge is 0.410 e. The lowest BCUT2D eigenvalue weighted by atomic mass is 9.84. The van der Waals surface area contributed by atoms with E-state index in [1.165, 1.54) is 4.90 Å². The average molecular weight is 517 g/mol. The predicted octanol–water partition coefficient (Wildman–Crippen LogP) is 6.19. The molecule has 2 aliphatic heterocycles. The molecule has 1 unspecified atom stereocenters. The molecule has 0 saturated carbocycles.